The molecule has 6 nitrogen and oxygen atoms in total. The maximum absolute atomic E-state index is 9.05. The molecule has 2 aromatic heterocycles. The highest BCUT2D eigenvalue weighted by Gasteiger charge is 2.17. The highest BCUT2D eigenvalue weighted by molar-refractivity contribution is 7.10. The second-order valence-corrected chi connectivity index (χ2v) is 6.43. The van der Waals surface area contributed by atoms with Gasteiger partial charge in [0, 0.05) is 25.8 Å². The van der Waals surface area contributed by atoms with Gasteiger partial charge in [0.2, 0.25) is 0 Å². The summed E-state index contributed by atoms with van der Waals surface area (Å²) in [6.45, 7) is 5.09. The Bertz CT molecular complexity index is 712. The molecule has 23 heavy (non-hydrogen) atoms. The molecule has 0 saturated carbocycles. The van der Waals surface area contributed by atoms with Gasteiger partial charge >= 0.3 is 0 Å². The molecule has 1 N–H and O–H groups in total. The average molecular weight is 350 g/mol. The third-order valence-electron chi connectivity index (χ3n) is 3.59. The minimum absolute atomic E-state index is 0.229. The van der Waals surface area contributed by atoms with Crippen LogP contribution >= 0.6 is 23.1 Å². The average Bonchev–Trinajstić information content (AvgIpc) is 2.93. The number of pyridine rings is 1. The van der Waals surface area contributed by atoms with Gasteiger partial charge in [0.05, 0.1) is 12.7 Å². The molecule has 0 unspecified atom stereocenters. The summed E-state index contributed by atoms with van der Waals surface area (Å²) in [4.78, 5) is 6.75. The van der Waals surface area contributed by atoms with Gasteiger partial charge in [-0.2, -0.15) is 9.64 Å². The third kappa shape index (κ3) is 3.72. The maximum atomic E-state index is 9.05. The molecule has 0 amide bonds. The maximum Gasteiger partial charge on any atom is 0.162 e. The van der Waals surface area contributed by atoms with Gasteiger partial charge in [0.1, 0.15) is 22.5 Å². The normalized spacial score (nSPS) is 17.8. The predicted molar refractivity (Wildman–Crippen MR) is 91.0 cm³/mol. The number of nitrogens with one attached hydrogen (secondary N) is 1. The summed E-state index contributed by atoms with van der Waals surface area (Å²) in [5, 5.41) is 13.2. The van der Waals surface area contributed by atoms with Gasteiger partial charge < -0.3 is 15.0 Å². The van der Waals surface area contributed by atoms with Gasteiger partial charge in [0.15, 0.2) is 5.15 Å². The van der Waals surface area contributed by atoms with Crippen molar-refractivity contribution < 1.29 is 4.74 Å². The highest BCUT2D eigenvalue weighted by atomic mass is 35.5. The van der Waals surface area contributed by atoms with Crippen LogP contribution < -0.4 is 10.2 Å². The summed E-state index contributed by atoms with van der Waals surface area (Å²) < 4.78 is 9.51. The summed E-state index contributed by atoms with van der Waals surface area (Å²) >= 11 is 7.04. The molecule has 2 aromatic rings. The fourth-order valence-electron chi connectivity index (χ4n) is 2.41. The van der Waals surface area contributed by atoms with Crippen molar-refractivity contribution in [2.75, 3.05) is 29.9 Å². The Balaban J connectivity index is 1.62. The smallest absolute Gasteiger partial charge is 0.162 e. The molecule has 120 valence electrons. The predicted octanol–water partition coefficient (Wildman–Crippen LogP) is 2.90. The van der Waals surface area contributed by atoms with Gasteiger partial charge in [0.25, 0.3) is 0 Å². The van der Waals surface area contributed by atoms with E-state index in [0.717, 1.165) is 31.1 Å². The van der Waals surface area contributed by atoms with Crippen molar-refractivity contribution in [2.24, 2.45) is 0 Å². The molecule has 1 atom stereocenters. The zero-order valence-electron chi connectivity index (χ0n) is 12.6. The summed E-state index contributed by atoms with van der Waals surface area (Å²) in [6.07, 6.45) is 2.07. The largest absolute Gasteiger partial charge is 0.375 e. The highest BCUT2D eigenvalue weighted by Crippen LogP contribution is 2.28. The molecule has 1 aliphatic heterocycles. The first kappa shape index (κ1) is 16.0. The SMILES string of the molecule is C[C@H]1CN(c2ccc(CNc3snc(Cl)c3C#N)cn2)CCO1. The number of nitriles is 1. The Labute approximate surface area is 143 Å². The molecule has 0 bridgehead atoms. The number of ether oxygens (including phenoxy) is 1. The van der Waals surface area contributed by atoms with Crippen molar-refractivity contribution in [2.45, 2.75) is 19.6 Å². The van der Waals surface area contributed by atoms with E-state index in [1.807, 2.05) is 18.3 Å². The van der Waals surface area contributed by atoms with Crippen LogP contribution in [0.2, 0.25) is 5.15 Å². The number of aromatic nitrogens is 2. The van der Waals surface area contributed by atoms with E-state index in [-0.39, 0.29) is 11.3 Å². The number of anilines is 2. The van der Waals surface area contributed by atoms with Crippen molar-refractivity contribution in [1.29, 1.82) is 5.26 Å². The summed E-state index contributed by atoms with van der Waals surface area (Å²) in [5.74, 6) is 0.961. The second-order valence-electron chi connectivity index (χ2n) is 5.29. The van der Waals surface area contributed by atoms with Crippen LogP contribution in [-0.4, -0.2) is 35.2 Å². The van der Waals surface area contributed by atoms with Crippen LogP contribution in [0.15, 0.2) is 18.3 Å². The molecule has 8 heteroatoms. The first-order chi connectivity index (χ1) is 11.2. The minimum atomic E-state index is 0.229. The molecule has 3 heterocycles. The van der Waals surface area contributed by atoms with Crippen LogP contribution in [0.5, 0.6) is 0 Å². The molecule has 0 spiro atoms. The van der Waals surface area contributed by atoms with Crippen molar-refractivity contribution in [3.8, 4) is 6.07 Å². The fourth-order valence-corrected chi connectivity index (χ4v) is 3.33. The lowest BCUT2D eigenvalue weighted by Crippen LogP contribution is -2.41. The lowest BCUT2D eigenvalue weighted by Gasteiger charge is -2.32. The Morgan fingerprint density at radius 1 is 1.57 bits per heavy atom. The number of rotatable bonds is 4. The van der Waals surface area contributed by atoms with E-state index in [9.17, 15) is 0 Å². The molecular weight excluding hydrogens is 334 g/mol. The second kappa shape index (κ2) is 7.13. The molecule has 0 aliphatic carbocycles. The number of halogens is 1. The first-order valence-electron chi connectivity index (χ1n) is 7.28. The molecule has 1 fully saturated rings. The quantitative estimate of drug-likeness (QED) is 0.914. The van der Waals surface area contributed by atoms with Crippen LogP contribution in [0.25, 0.3) is 0 Å². The van der Waals surface area contributed by atoms with Crippen LogP contribution in [0.4, 0.5) is 10.8 Å². The lowest BCUT2D eigenvalue weighted by atomic mass is 10.2. The van der Waals surface area contributed by atoms with E-state index in [2.05, 4.69) is 32.6 Å². The molecule has 3 rings (SSSR count). The van der Waals surface area contributed by atoms with E-state index in [1.165, 1.54) is 11.5 Å². The Kier molecular flexibility index (Phi) is 4.96. The fraction of sp³-hybridized carbons (Fsp3) is 0.400. The first-order valence-corrected chi connectivity index (χ1v) is 8.43. The van der Waals surface area contributed by atoms with Crippen LogP contribution in [0.1, 0.15) is 18.1 Å². The Morgan fingerprint density at radius 2 is 2.43 bits per heavy atom. The topological polar surface area (TPSA) is 74.1 Å². The number of hydrogen-bond acceptors (Lipinski definition) is 7. The van der Waals surface area contributed by atoms with Crippen molar-refractivity contribution in [3.63, 3.8) is 0 Å². The van der Waals surface area contributed by atoms with Gasteiger partial charge in [-0.3, -0.25) is 0 Å². The molecule has 1 aliphatic rings. The van der Waals surface area contributed by atoms with E-state index in [4.69, 9.17) is 21.6 Å². The third-order valence-corrected chi connectivity index (χ3v) is 4.77. The van der Waals surface area contributed by atoms with Gasteiger partial charge in [-0.15, -0.1) is 0 Å². The molecular formula is C15H16ClN5OS. The van der Waals surface area contributed by atoms with Gasteiger partial charge in [-0.05, 0) is 30.1 Å². The molecule has 1 saturated heterocycles. The summed E-state index contributed by atoms with van der Waals surface area (Å²) in [5.41, 5.74) is 1.42. The molecule has 0 radical (unpaired) electrons. The van der Waals surface area contributed by atoms with Crippen molar-refractivity contribution in [3.05, 3.63) is 34.6 Å². The number of hydrogen-bond donors (Lipinski definition) is 1. The van der Waals surface area contributed by atoms with Crippen molar-refractivity contribution in [1.82, 2.24) is 9.36 Å². The zero-order chi connectivity index (χ0) is 16.2. The standard InChI is InChI=1S/C15H16ClN5OS/c1-10-9-21(4-5-22-10)13-3-2-11(7-18-13)8-19-15-12(6-17)14(16)20-23-15/h2-3,7,10,19H,4-5,8-9H2,1H3/t10-/m0/s1. The van der Waals surface area contributed by atoms with E-state index in [1.54, 1.807) is 0 Å². The summed E-state index contributed by atoms with van der Waals surface area (Å²) in [6, 6.07) is 6.10. The van der Waals surface area contributed by atoms with E-state index < -0.39 is 0 Å². The van der Waals surface area contributed by atoms with Gasteiger partial charge in [-0.1, -0.05) is 17.7 Å². The number of morpholine rings is 1. The monoisotopic (exact) mass is 349 g/mol. The van der Waals surface area contributed by atoms with Crippen molar-refractivity contribution >= 4 is 34.0 Å². The lowest BCUT2D eigenvalue weighted by molar-refractivity contribution is 0.0529. The number of nitrogens with zero attached hydrogens (tertiary/aromatic N) is 4. The van der Waals surface area contributed by atoms with Crippen LogP contribution in [0.3, 0.4) is 0 Å². The zero-order valence-corrected chi connectivity index (χ0v) is 14.2. The van der Waals surface area contributed by atoms with Crippen LogP contribution in [0, 0.1) is 11.3 Å². The van der Waals surface area contributed by atoms with E-state index >= 15 is 0 Å². The summed E-state index contributed by atoms with van der Waals surface area (Å²) in [7, 11) is 0. The molecule has 0 aromatic carbocycles. The van der Waals surface area contributed by atoms with Gasteiger partial charge in [-0.25, -0.2) is 4.98 Å². The van der Waals surface area contributed by atoms with E-state index in [0.29, 0.717) is 17.1 Å². The Morgan fingerprint density at radius 3 is 3.13 bits per heavy atom. The Hall–Kier alpha value is -1.88. The minimum Gasteiger partial charge on any atom is -0.375 e. The van der Waals surface area contributed by atoms with Crippen LogP contribution in [-0.2, 0) is 11.3 Å².